The zero-order valence-electron chi connectivity index (χ0n) is 11.3. The number of halogens is 1. The average Bonchev–Trinajstić information content (AvgIpc) is 2.43. The van der Waals surface area contributed by atoms with Crippen LogP contribution in [0.2, 0.25) is 5.02 Å². The van der Waals surface area contributed by atoms with Gasteiger partial charge in [-0.25, -0.2) is 0 Å². The molecule has 0 saturated carbocycles. The molecule has 1 amide bonds. The van der Waals surface area contributed by atoms with E-state index in [1.165, 1.54) is 0 Å². The van der Waals surface area contributed by atoms with E-state index in [9.17, 15) is 4.79 Å². The lowest BCUT2D eigenvalue weighted by molar-refractivity contribution is -0.115. The van der Waals surface area contributed by atoms with Gasteiger partial charge in [0.2, 0.25) is 5.91 Å². The highest BCUT2D eigenvalue weighted by atomic mass is 35.5. The van der Waals surface area contributed by atoms with Crippen molar-refractivity contribution in [3.8, 4) is 0 Å². The van der Waals surface area contributed by atoms with Crippen molar-refractivity contribution in [2.24, 2.45) is 0 Å². The molecule has 0 bridgehead atoms. The summed E-state index contributed by atoms with van der Waals surface area (Å²) in [6, 6.07) is 15.4. The van der Waals surface area contributed by atoms with Crippen molar-refractivity contribution in [1.29, 1.82) is 0 Å². The predicted molar refractivity (Wildman–Crippen MR) is 83.0 cm³/mol. The summed E-state index contributed by atoms with van der Waals surface area (Å²) in [4.78, 5) is 11.8. The van der Waals surface area contributed by atoms with E-state index >= 15 is 0 Å². The van der Waals surface area contributed by atoms with E-state index in [-0.39, 0.29) is 12.5 Å². The number of anilines is 1. The second kappa shape index (κ2) is 7.08. The first-order valence-electron chi connectivity index (χ1n) is 6.46. The monoisotopic (exact) mass is 288 g/mol. The standard InChI is InChI=1S/C16H17ClN2O/c1-12-9-14(17)7-8-15(12)19-16(20)11-18-10-13-5-3-2-4-6-13/h2-9,18H,10-11H2,1H3,(H,19,20). The lowest BCUT2D eigenvalue weighted by atomic mass is 10.2. The van der Waals surface area contributed by atoms with Crippen LogP contribution in [0.4, 0.5) is 5.69 Å². The highest BCUT2D eigenvalue weighted by Gasteiger charge is 2.04. The van der Waals surface area contributed by atoms with Crippen LogP contribution in [0.25, 0.3) is 0 Å². The lowest BCUT2D eigenvalue weighted by Crippen LogP contribution is -2.27. The maximum absolute atomic E-state index is 11.8. The zero-order valence-corrected chi connectivity index (χ0v) is 12.1. The fourth-order valence-electron chi connectivity index (χ4n) is 1.88. The first kappa shape index (κ1) is 14.6. The van der Waals surface area contributed by atoms with Crippen molar-refractivity contribution >= 4 is 23.2 Å². The van der Waals surface area contributed by atoms with Crippen LogP contribution in [0.5, 0.6) is 0 Å². The molecule has 0 aliphatic heterocycles. The first-order valence-corrected chi connectivity index (χ1v) is 6.83. The van der Waals surface area contributed by atoms with Crippen molar-refractivity contribution < 1.29 is 4.79 Å². The van der Waals surface area contributed by atoms with Gasteiger partial charge in [-0.2, -0.15) is 0 Å². The van der Waals surface area contributed by atoms with Crippen LogP contribution < -0.4 is 10.6 Å². The van der Waals surface area contributed by atoms with Gasteiger partial charge in [0.1, 0.15) is 0 Å². The van der Waals surface area contributed by atoms with Gasteiger partial charge in [-0.3, -0.25) is 4.79 Å². The third-order valence-corrected chi connectivity index (χ3v) is 3.16. The number of aryl methyl sites for hydroxylation is 1. The van der Waals surface area contributed by atoms with Crippen LogP contribution in [-0.2, 0) is 11.3 Å². The molecule has 4 heteroatoms. The number of benzene rings is 2. The molecule has 0 saturated heterocycles. The Hall–Kier alpha value is -1.84. The molecule has 3 nitrogen and oxygen atoms in total. The molecule has 2 rings (SSSR count). The summed E-state index contributed by atoms with van der Waals surface area (Å²) in [5, 5.41) is 6.65. The molecule has 2 aromatic carbocycles. The third-order valence-electron chi connectivity index (χ3n) is 2.92. The molecule has 0 atom stereocenters. The predicted octanol–water partition coefficient (Wildman–Crippen LogP) is 3.38. The van der Waals surface area contributed by atoms with Gasteiger partial charge < -0.3 is 10.6 Å². The molecule has 0 radical (unpaired) electrons. The molecule has 2 aromatic rings. The van der Waals surface area contributed by atoms with Gasteiger partial charge in [-0.1, -0.05) is 41.9 Å². The molecular formula is C16H17ClN2O. The minimum atomic E-state index is -0.0636. The molecule has 0 unspecified atom stereocenters. The number of carbonyl (C=O) groups is 1. The lowest BCUT2D eigenvalue weighted by Gasteiger charge is -2.09. The second-order valence-electron chi connectivity index (χ2n) is 4.60. The van der Waals surface area contributed by atoms with Crippen molar-refractivity contribution in [3.05, 3.63) is 64.7 Å². The Morgan fingerprint density at radius 1 is 1.15 bits per heavy atom. The van der Waals surface area contributed by atoms with E-state index in [1.54, 1.807) is 6.07 Å². The molecule has 0 heterocycles. The summed E-state index contributed by atoms with van der Waals surface area (Å²) in [5.41, 5.74) is 2.90. The summed E-state index contributed by atoms with van der Waals surface area (Å²) in [6.45, 7) is 2.86. The summed E-state index contributed by atoms with van der Waals surface area (Å²) < 4.78 is 0. The maximum atomic E-state index is 11.8. The van der Waals surface area contributed by atoms with Gasteiger partial charge in [0.25, 0.3) is 0 Å². The number of carbonyl (C=O) groups excluding carboxylic acids is 1. The van der Waals surface area contributed by atoms with E-state index in [4.69, 9.17) is 11.6 Å². The third kappa shape index (κ3) is 4.37. The van der Waals surface area contributed by atoms with Crippen LogP contribution in [0.1, 0.15) is 11.1 Å². The van der Waals surface area contributed by atoms with E-state index < -0.39 is 0 Å². The van der Waals surface area contributed by atoms with Crippen LogP contribution in [0.3, 0.4) is 0 Å². The maximum Gasteiger partial charge on any atom is 0.238 e. The summed E-state index contributed by atoms with van der Waals surface area (Å²) in [5.74, 6) is -0.0636. The summed E-state index contributed by atoms with van der Waals surface area (Å²) in [7, 11) is 0. The molecule has 0 aliphatic carbocycles. The van der Waals surface area contributed by atoms with E-state index in [2.05, 4.69) is 10.6 Å². The minimum absolute atomic E-state index is 0.0636. The molecule has 0 aromatic heterocycles. The van der Waals surface area contributed by atoms with E-state index in [1.807, 2.05) is 49.4 Å². The molecule has 0 fully saturated rings. The Morgan fingerprint density at radius 2 is 1.90 bits per heavy atom. The Bertz CT molecular complexity index is 584. The van der Waals surface area contributed by atoms with Gasteiger partial charge >= 0.3 is 0 Å². The number of nitrogens with one attached hydrogen (secondary N) is 2. The van der Waals surface area contributed by atoms with Gasteiger partial charge in [-0.05, 0) is 36.2 Å². The fraction of sp³-hybridized carbons (Fsp3) is 0.188. The van der Waals surface area contributed by atoms with Crippen LogP contribution in [0, 0.1) is 6.92 Å². The van der Waals surface area contributed by atoms with E-state index in [0.29, 0.717) is 11.6 Å². The number of amides is 1. The molecule has 104 valence electrons. The highest BCUT2D eigenvalue weighted by molar-refractivity contribution is 6.30. The molecule has 0 spiro atoms. The Morgan fingerprint density at radius 3 is 2.60 bits per heavy atom. The van der Waals surface area contributed by atoms with Gasteiger partial charge in [0.15, 0.2) is 0 Å². The van der Waals surface area contributed by atoms with Crippen molar-refractivity contribution in [1.82, 2.24) is 5.32 Å². The Balaban J connectivity index is 1.81. The van der Waals surface area contributed by atoms with Gasteiger partial charge in [0.05, 0.1) is 6.54 Å². The SMILES string of the molecule is Cc1cc(Cl)ccc1NC(=O)CNCc1ccccc1. The highest BCUT2D eigenvalue weighted by Crippen LogP contribution is 2.19. The van der Waals surface area contributed by atoms with Crippen molar-refractivity contribution in [3.63, 3.8) is 0 Å². The van der Waals surface area contributed by atoms with Crippen molar-refractivity contribution in [2.45, 2.75) is 13.5 Å². The summed E-state index contributed by atoms with van der Waals surface area (Å²) >= 11 is 5.88. The molecule has 0 aliphatic rings. The van der Waals surface area contributed by atoms with Crippen molar-refractivity contribution in [2.75, 3.05) is 11.9 Å². The Kier molecular flexibility index (Phi) is 5.16. The quantitative estimate of drug-likeness (QED) is 0.885. The molecule has 2 N–H and O–H groups in total. The normalized spacial score (nSPS) is 10.3. The van der Waals surface area contributed by atoms with Crippen LogP contribution in [-0.4, -0.2) is 12.5 Å². The number of hydrogen-bond acceptors (Lipinski definition) is 2. The first-order chi connectivity index (χ1) is 9.65. The molecular weight excluding hydrogens is 272 g/mol. The van der Waals surface area contributed by atoms with Crippen LogP contribution in [0.15, 0.2) is 48.5 Å². The fourth-order valence-corrected chi connectivity index (χ4v) is 2.10. The second-order valence-corrected chi connectivity index (χ2v) is 5.03. The van der Waals surface area contributed by atoms with Gasteiger partial charge in [-0.15, -0.1) is 0 Å². The smallest absolute Gasteiger partial charge is 0.238 e. The topological polar surface area (TPSA) is 41.1 Å². The molecule has 20 heavy (non-hydrogen) atoms. The largest absolute Gasteiger partial charge is 0.325 e. The minimum Gasteiger partial charge on any atom is -0.325 e. The van der Waals surface area contributed by atoms with Gasteiger partial charge in [0, 0.05) is 17.3 Å². The van der Waals surface area contributed by atoms with E-state index in [0.717, 1.165) is 16.8 Å². The van der Waals surface area contributed by atoms with Crippen LogP contribution >= 0.6 is 11.6 Å². The number of hydrogen-bond donors (Lipinski definition) is 2. The summed E-state index contributed by atoms with van der Waals surface area (Å²) in [6.07, 6.45) is 0. The number of rotatable bonds is 5. The Labute approximate surface area is 124 Å². The zero-order chi connectivity index (χ0) is 14.4. The average molecular weight is 289 g/mol.